The average molecular weight is 230 g/mol. The molecule has 0 radical (unpaired) electrons. The Kier molecular flexibility index (Phi) is 4.71. The number of nitriles is 1. The van der Waals surface area contributed by atoms with E-state index in [4.69, 9.17) is 5.26 Å². The molecule has 0 aliphatic carbocycles. The first-order valence-corrected chi connectivity index (χ1v) is 5.83. The largest absolute Gasteiger partial charge is 0.325 e. The molecule has 0 N–H and O–H groups in total. The maximum Gasteiger partial charge on any atom is 0.254 e. The van der Waals surface area contributed by atoms with Crippen LogP contribution in [0.2, 0.25) is 0 Å². The highest BCUT2D eigenvalue weighted by Gasteiger charge is 2.14. The van der Waals surface area contributed by atoms with E-state index >= 15 is 0 Å². The van der Waals surface area contributed by atoms with E-state index in [1.165, 1.54) is 0 Å². The van der Waals surface area contributed by atoms with Gasteiger partial charge >= 0.3 is 0 Å². The lowest BCUT2D eigenvalue weighted by atomic mass is 10.1. The minimum absolute atomic E-state index is 0.0554. The Morgan fingerprint density at radius 2 is 1.88 bits per heavy atom. The molecule has 0 aliphatic rings. The molecule has 0 saturated carbocycles. The van der Waals surface area contributed by atoms with Crippen molar-refractivity contribution in [3.05, 3.63) is 34.9 Å². The van der Waals surface area contributed by atoms with Crippen molar-refractivity contribution >= 4 is 5.91 Å². The molecular formula is C14H18N2O. The molecular weight excluding hydrogens is 212 g/mol. The van der Waals surface area contributed by atoms with Gasteiger partial charge in [0.25, 0.3) is 5.91 Å². The molecule has 1 aromatic carbocycles. The summed E-state index contributed by atoms with van der Waals surface area (Å²) < 4.78 is 0. The van der Waals surface area contributed by atoms with E-state index < -0.39 is 0 Å². The molecule has 3 heteroatoms. The maximum absolute atomic E-state index is 12.2. The van der Waals surface area contributed by atoms with Crippen LogP contribution in [0.4, 0.5) is 0 Å². The first-order valence-electron chi connectivity index (χ1n) is 5.83. The first-order chi connectivity index (χ1) is 8.08. The molecule has 0 spiro atoms. The average Bonchev–Trinajstić information content (AvgIpc) is 2.26. The van der Waals surface area contributed by atoms with E-state index in [1.807, 2.05) is 45.0 Å². The predicted molar refractivity (Wildman–Crippen MR) is 67.7 cm³/mol. The number of hydrogen-bond acceptors (Lipinski definition) is 2. The number of carbonyl (C=O) groups excluding carboxylic acids is 1. The van der Waals surface area contributed by atoms with E-state index in [2.05, 4.69) is 0 Å². The molecule has 0 saturated heterocycles. The third kappa shape index (κ3) is 3.60. The Bertz CT molecular complexity index is 426. The molecule has 17 heavy (non-hydrogen) atoms. The normalized spacial score (nSPS) is 9.76. The van der Waals surface area contributed by atoms with Crippen molar-refractivity contribution < 1.29 is 4.79 Å². The second-order valence-electron chi connectivity index (χ2n) is 4.26. The van der Waals surface area contributed by atoms with Gasteiger partial charge in [0.05, 0.1) is 6.07 Å². The van der Waals surface area contributed by atoms with Gasteiger partial charge in [-0.15, -0.1) is 0 Å². The number of carbonyl (C=O) groups is 1. The van der Waals surface area contributed by atoms with Gasteiger partial charge in [-0.05, 0) is 32.4 Å². The third-order valence-electron chi connectivity index (χ3n) is 2.51. The number of rotatable bonds is 4. The van der Waals surface area contributed by atoms with Gasteiger partial charge in [-0.2, -0.15) is 5.26 Å². The van der Waals surface area contributed by atoms with E-state index in [0.29, 0.717) is 12.1 Å². The summed E-state index contributed by atoms with van der Waals surface area (Å²) in [4.78, 5) is 13.8. The molecule has 0 unspecified atom stereocenters. The van der Waals surface area contributed by atoms with Crippen LogP contribution in [0.5, 0.6) is 0 Å². The molecule has 90 valence electrons. The summed E-state index contributed by atoms with van der Waals surface area (Å²) in [7, 11) is 0. The Morgan fingerprint density at radius 1 is 1.29 bits per heavy atom. The minimum atomic E-state index is -0.0554. The molecule has 0 atom stereocenters. The summed E-state index contributed by atoms with van der Waals surface area (Å²) in [6.07, 6.45) is 0.859. The quantitative estimate of drug-likeness (QED) is 0.746. The van der Waals surface area contributed by atoms with Gasteiger partial charge in [-0.25, -0.2) is 0 Å². The zero-order chi connectivity index (χ0) is 12.8. The summed E-state index contributed by atoms with van der Waals surface area (Å²) in [5, 5.41) is 8.72. The molecule has 1 aromatic rings. The zero-order valence-corrected chi connectivity index (χ0v) is 10.7. The van der Waals surface area contributed by atoms with Gasteiger partial charge in [0.1, 0.15) is 6.54 Å². The highest BCUT2D eigenvalue weighted by Crippen LogP contribution is 2.11. The number of hydrogen-bond donors (Lipinski definition) is 0. The molecule has 0 bridgehead atoms. The Labute approximate surface area is 103 Å². The number of aryl methyl sites for hydroxylation is 2. The second kappa shape index (κ2) is 6.05. The standard InChI is InChI=1S/C14H18N2O/c1-4-6-16(7-5-15)14(17)13-9-11(2)8-12(3)10-13/h8-10H,4,6-7H2,1-3H3. The van der Waals surface area contributed by atoms with Crippen LogP contribution in [0, 0.1) is 25.2 Å². The van der Waals surface area contributed by atoms with Crippen molar-refractivity contribution in [1.29, 1.82) is 5.26 Å². The fourth-order valence-corrected chi connectivity index (χ4v) is 1.89. The monoisotopic (exact) mass is 230 g/mol. The Morgan fingerprint density at radius 3 is 2.35 bits per heavy atom. The molecule has 0 aromatic heterocycles. The molecule has 3 nitrogen and oxygen atoms in total. The van der Waals surface area contributed by atoms with Gasteiger partial charge in [0, 0.05) is 12.1 Å². The van der Waals surface area contributed by atoms with Gasteiger partial charge < -0.3 is 4.90 Å². The first kappa shape index (κ1) is 13.2. The predicted octanol–water partition coefficient (Wildman–Crippen LogP) is 2.68. The summed E-state index contributed by atoms with van der Waals surface area (Å²) >= 11 is 0. The lowest BCUT2D eigenvalue weighted by molar-refractivity contribution is 0.0776. The van der Waals surface area contributed by atoms with E-state index in [9.17, 15) is 4.79 Å². The van der Waals surface area contributed by atoms with Crippen LogP contribution >= 0.6 is 0 Å². The molecule has 0 fully saturated rings. The lowest BCUT2D eigenvalue weighted by Crippen LogP contribution is -2.32. The molecule has 1 rings (SSSR count). The van der Waals surface area contributed by atoms with E-state index in [0.717, 1.165) is 17.5 Å². The van der Waals surface area contributed by atoms with Gasteiger partial charge in [0.15, 0.2) is 0 Å². The van der Waals surface area contributed by atoms with Crippen LogP contribution in [0.3, 0.4) is 0 Å². The highest BCUT2D eigenvalue weighted by atomic mass is 16.2. The van der Waals surface area contributed by atoms with Crippen molar-refractivity contribution in [3.8, 4) is 6.07 Å². The molecule has 0 aliphatic heterocycles. The fraction of sp³-hybridized carbons (Fsp3) is 0.429. The number of nitrogens with zero attached hydrogens (tertiary/aromatic N) is 2. The Balaban J connectivity index is 2.96. The van der Waals surface area contributed by atoms with Crippen LogP contribution in [0.1, 0.15) is 34.8 Å². The van der Waals surface area contributed by atoms with Crippen LogP contribution in [0.25, 0.3) is 0 Å². The lowest BCUT2D eigenvalue weighted by Gasteiger charge is -2.19. The van der Waals surface area contributed by atoms with Crippen LogP contribution < -0.4 is 0 Å². The van der Waals surface area contributed by atoms with Crippen molar-refractivity contribution in [2.24, 2.45) is 0 Å². The number of amides is 1. The topological polar surface area (TPSA) is 44.1 Å². The summed E-state index contributed by atoms with van der Waals surface area (Å²) in [6.45, 7) is 6.72. The number of benzene rings is 1. The van der Waals surface area contributed by atoms with Crippen molar-refractivity contribution in [1.82, 2.24) is 4.90 Å². The smallest absolute Gasteiger partial charge is 0.254 e. The van der Waals surface area contributed by atoms with Gasteiger partial charge in [-0.1, -0.05) is 24.1 Å². The summed E-state index contributed by atoms with van der Waals surface area (Å²) in [6, 6.07) is 7.81. The highest BCUT2D eigenvalue weighted by molar-refractivity contribution is 5.94. The molecule has 0 heterocycles. The van der Waals surface area contributed by atoms with E-state index in [-0.39, 0.29) is 12.5 Å². The molecule has 1 amide bonds. The summed E-state index contributed by atoms with van der Waals surface area (Å²) in [5.74, 6) is -0.0554. The van der Waals surface area contributed by atoms with Crippen LogP contribution in [-0.4, -0.2) is 23.9 Å². The van der Waals surface area contributed by atoms with Crippen molar-refractivity contribution in [3.63, 3.8) is 0 Å². The van der Waals surface area contributed by atoms with Crippen molar-refractivity contribution in [2.75, 3.05) is 13.1 Å². The maximum atomic E-state index is 12.2. The fourth-order valence-electron chi connectivity index (χ4n) is 1.89. The second-order valence-corrected chi connectivity index (χ2v) is 4.26. The Hall–Kier alpha value is -1.82. The minimum Gasteiger partial charge on any atom is -0.325 e. The van der Waals surface area contributed by atoms with Crippen LogP contribution in [-0.2, 0) is 0 Å². The van der Waals surface area contributed by atoms with E-state index in [1.54, 1.807) is 4.90 Å². The SMILES string of the molecule is CCCN(CC#N)C(=O)c1cc(C)cc(C)c1. The summed E-state index contributed by atoms with van der Waals surface area (Å²) in [5.41, 5.74) is 2.81. The van der Waals surface area contributed by atoms with Crippen molar-refractivity contribution in [2.45, 2.75) is 27.2 Å². The van der Waals surface area contributed by atoms with Gasteiger partial charge in [-0.3, -0.25) is 4.79 Å². The zero-order valence-electron chi connectivity index (χ0n) is 10.7. The van der Waals surface area contributed by atoms with Crippen LogP contribution in [0.15, 0.2) is 18.2 Å². The third-order valence-corrected chi connectivity index (χ3v) is 2.51. The van der Waals surface area contributed by atoms with Gasteiger partial charge in [0.2, 0.25) is 0 Å².